The van der Waals surface area contributed by atoms with Crippen LogP contribution in [0, 0.1) is 0 Å². The SMILES string of the molecule is CCN(CC(=O)NC(C)(C)C)C(=O)c1ccccc1. The molecule has 0 bridgehead atoms. The molecule has 0 atom stereocenters. The summed E-state index contributed by atoms with van der Waals surface area (Å²) in [6.45, 7) is 8.21. The molecule has 0 heterocycles. The lowest BCUT2D eigenvalue weighted by atomic mass is 10.1. The number of carbonyl (C=O) groups excluding carboxylic acids is 2. The van der Waals surface area contributed by atoms with Crippen LogP contribution in [-0.4, -0.2) is 35.3 Å². The van der Waals surface area contributed by atoms with Gasteiger partial charge in [-0.25, -0.2) is 0 Å². The van der Waals surface area contributed by atoms with Crippen molar-refractivity contribution in [2.45, 2.75) is 33.2 Å². The molecule has 2 amide bonds. The van der Waals surface area contributed by atoms with Gasteiger partial charge in [-0.3, -0.25) is 9.59 Å². The molecule has 0 aliphatic carbocycles. The van der Waals surface area contributed by atoms with E-state index in [0.717, 1.165) is 0 Å². The Morgan fingerprint density at radius 2 is 1.74 bits per heavy atom. The van der Waals surface area contributed by atoms with E-state index in [1.807, 2.05) is 45.9 Å². The fourth-order valence-electron chi connectivity index (χ4n) is 1.72. The molecule has 1 rings (SSSR count). The molecular weight excluding hydrogens is 240 g/mol. The highest BCUT2D eigenvalue weighted by Crippen LogP contribution is 2.05. The Bertz CT molecular complexity index is 435. The highest BCUT2D eigenvalue weighted by molar-refractivity contribution is 5.96. The van der Waals surface area contributed by atoms with Crippen molar-refractivity contribution in [3.05, 3.63) is 35.9 Å². The minimum absolute atomic E-state index is 0.0848. The second-order valence-corrected chi connectivity index (χ2v) is 5.48. The lowest BCUT2D eigenvalue weighted by molar-refractivity contribution is -0.123. The highest BCUT2D eigenvalue weighted by atomic mass is 16.2. The van der Waals surface area contributed by atoms with Gasteiger partial charge in [0.1, 0.15) is 0 Å². The van der Waals surface area contributed by atoms with Crippen molar-refractivity contribution < 1.29 is 9.59 Å². The van der Waals surface area contributed by atoms with E-state index in [-0.39, 0.29) is 23.9 Å². The molecule has 19 heavy (non-hydrogen) atoms. The molecule has 0 saturated heterocycles. The van der Waals surface area contributed by atoms with Crippen molar-refractivity contribution in [1.29, 1.82) is 0 Å². The maximum Gasteiger partial charge on any atom is 0.254 e. The molecule has 0 spiro atoms. The minimum atomic E-state index is -0.285. The van der Waals surface area contributed by atoms with Gasteiger partial charge >= 0.3 is 0 Å². The summed E-state index contributed by atoms with van der Waals surface area (Å²) in [5, 5.41) is 2.86. The Hall–Kier alpha value is -1.84. The van der Waals surface area contributed by atoms with E-state index in [4.69, 9.17) is 0 Å². The fourth-order valence-corrected chi connectivity index (χ4v) is 1.72. The van der Waals surface area contributed by atoms with E-state index >= 15 is 0 Å². The molecule has 4 heteroatoms. The van der Waals surface area contributed by atoms with Crippen LogP contribution in [0.5, 0.6) is 0 Å². The number of amides is 2. The van der Waals surface area contributed by atoms with Crippen LogP contribution in [0.3, 0.4) is 0 Å². The fraction of sp³-hybridized carbons (Fsp3) is 0.467. The Kier molecular flexibility index (Phi) is 5.10. The van der Waals surface area contributed by atoms with Crippen molar-refractivity contribution in [1.82, 2.24) is 10.2 Å². The molecule has 0 unspecified atom stereocenters. The molecule has 0 saturated carbocycles. The van der Waals surface area contributed by atoms with Gasteiger partial charge in [0, 0.05) is 17.6 Å². The first-order chi connectivity index (χ1) is 8.83. The van der Waals surface area contributed by atoms with Crippen LogP contribution in [0.4, 0.5) is 0 Å². The summed E-state index contributed by atoms with van der Waals surface area (Å²) < 4.78 is 0. The number of nitrogens with one attached hydrogen (secondary N) is 1. The number of benzene rings is 1. The van der Waals surface area contributed by atoms with Crippen LogP contribution in [0.1, 0.15) is 38.1 Å². The average Bonchev–Trinajstić information content (AvgIpc) is 2.34. The Morgan fingerprint density at radius 3 is 2.21 bits per heavy atom. The molecule has 104 valence electrons. The third kappa shape index (κ3) is 5.12. The summed E-state index contributed by atoms with van der Waals surface area (Å²) in [5.74, 6) is -0.259. The van der Waals surface area contributed by atoms with Crippen molar-refractivity contribution in [2.75, 3.05) is 13.1 Å². The molecule has 4 nitrogen and oxygen atoms in total. The van der Waals surface area contributed by atoms with E-state index in [1.54, 1.807) is 12.1 Å². The lowest BCUT2D eigenvalue weighted by Crippen LogP contribution is -2.47. The summed E-state index contributed by atoms with van der Waals surface area (Å²) in [5.41, 5.74) is 0.319. The predicted octanol–water partition coefficient (Wildman–Crippen LogP) is 2.06. The third-order valence-electron chi connectivity index (χ3n) is 2.54. The number of likely N-dealkylation sites (N-methyl/N-ethyl adjacent to an activating group) is 1. The van der Waals surface area contributed by atoms with Crippen molar-refractivity contribution in [3.63, 3.8) is 0 Å². The lowest BCUT2D eigenvalue weighted by Gasteiger charge is -2.25. The van der Waals surface area contributed by atoms with Gasteiger partial charge in [-0.15, -0.1) is 0 Å². The van der Waals surface area contributed by atoms with Gasteiger partial charge in [-0.1, -0.05) is 18.2 Å². The monoisotopic (exact) mass is 262 g/mol. The smallest absolute Gasteiger partial charge is 0.254 e. The standard InChI is InChI=1S/C15H22N2O2/c1-5-17(11-13(18)16-15(2,3)4)14(19)12-9-7-6-8-10-12/h6-10H,5,11H2,1-4H3,(H,16,18). The molecule has 0 aromatic heterocycles. The Balaban J connectivity index is 2.69. The summed E-state index contributed by atoms with van der Waals surface area (Å²) >= 11 is 0. The van der Waals surface area contributed by atoms with Crippen LogP contribution < -0.4 is 5.32 Å². The number of rotatable bonds is 4. The molecule has 1 aromatic carbocycles. The second kappa shape index (κ2) is 6.36. The largest absolute Gasteiger partial charge is 0.350 e. The minimum Gasteiger partial charge on any atom is -0.350 e. The van der Waals surface area contributed by atoms with Crippen LogP contribution in [-0.2, 0) is 4.79 Å². The van der Waals surface area contributed by atoms with E-state index in [1.165, 1.54) is 4.90 Å². The van der Waals surface area contributed by atoms with Gasteiger partial charge in [-0.2, -0.15) is 0 Å². The molecular formula is C15H22N2O2. The molecule has 0 aliphatic rings. The van der Waals surface area contributed by atoms with Gasteiger partial charge in [0.2, 0.25) is 5.91 Å². The average molecular weight is 262 g/mol. The second-order valence-electron chi connectivity index (χ2n) is 5.48. The van der Waals surface area contributed by atoms with Crippen molar-refractivity contribution >= 4 is 11.8 Å². The normalized spacial score (nSPS) is 10.9. The zero-order valence-electron chi connectivity index (χ0n) is 12.1. The first kappa shape index (κ1) is 15.2. The maximum atomic E-state index is 12.2. The first-order valence-electron chi connectivity index (χ1n) is 6.49. The van der Waals surface area contributed by atoms with Gasteiger partial charge in [0.05, 0.1) is 6.54 Å². The number of hydrogen-bond acceptors (Lipinski definition) is 2. The summed E-state index contributed by atoms with van der Waals surface area (Å²) in [6.07, 6.45) is 0. The number of nitrogens with zero attached hydrogens (tertiary/aromatic N) is 1. The molecule has 1 N–H and O–H groups in total. The topological polar surface area (TPSA) is 49.4 Å². The van der Waals surface area contributed by atoms with E-state index in [0.29, 0.717) is 12.1 Å². The van der Waals surface area contributed by atoms with Crippen molar-refractivity contribution in [3.8, 4) is 0 Å². The first-order valence-corrected chi connectivity index (χ1v) is 6.49. The zero-order chi connectivity index (χ0) is 14.5. The summed E-state index contributed by atoms with van der Waals surface area (Å²) in [6, 6.07) is 9.01. The van der Waals surface area contributed by atoms with Crippen LogP contribution >= 0.6 is 0 Å². The molecule has 0 fully saturated rings. The zero-order valence-corrected chi connectivity index (χ0v) is 12.1. The number of carbonyl (C=O) groups is 2. The van der Waals surface area contributed by atoms with E-state index in [2.05, 4.69) is 5.32 Å². The Labute approximate surface area is 114 Å². The third-order valence-corrected chi connectivity index (χ3v) is 2.54. The molecule has 1 aromatic rings. The summed E-state index contributed by atoms with van der Waals surface area (Å²) in [7, 11) is 0. The molecule has 0 aliphatic heterocycles. The highest BCUT2D eigenvalue weighted by Gasteiger charge is 2.20. The van der Waals surface area contributed by atoms with Crippen molar-refractivity contribution in [2.24, 2.45) is 0 Å². The van der Waals surface area contributed by atoms with Gasteiger partial charge in [0.15, 0.2) is 0 Å². The van der Waals surface area contributed by atoms with Gasteiger partial charge in [-0.05, 0) is 39.8 Å². The van der Waals surface area contributed by atoms with Crippen LogP contribution in [0.25, 0.3) is 0 Å². The van der Waals surface area contributed by atoms with Gasteiger partial charge in [0.25, 0.3) is 5.91 Å². The Morgan fingerprint density at radius 1 is 1.16 bits per heavy atom. The van der Waals surface area contributed by atoms with Gasteiger partial charge < -0.3 is 10.2 Å². The quantitative estimate of drug-likeness (QED) is 0.903. The predicted molar refractivity (Wildman–Crippen MR) is 75.9 cm³/mol. The number of hydrogen-bond donors (Lipinski definition) is 1. The summed E-state index contributed by atoms with van der Waals surface area (Å²) in [4.78, 5) is 25.6. The van der Waals surface area contributed by atoms with Crippen LogP contribution in [0.2, 0.25) is 0 Å². The molecule has 0 radical (unpaired) electrons. The van der Waals surface area contributed by atoms with E-state index < -0.39 is 0 Å². The maximum absolute atomic E-state index is 12.2. The van der Waals surface area contributed by atoms with E-state index in [9.17, 15) is 9.59 Å². The van der Waals surface area contributed by atoms with Crippen LogP contribution in [0.15, 0.2) is 30.3 Å².